The lowest BCUT2D eigenvalue weighted by Gasteiger charge is -2.28. The number of nitrogens with two attached hydrogens (primary N) is 1. The van der Waals surface area contributed by atoms with Crippen molar-refractivity contribution in [3.63, 3.8) is 0 Å². The Kier molecular flexibility index (Phi) is 5.62. The molecule has 0 aromatic heterocycles. The molecule has 6 heteroatoms. The molecule has 0 bridgehead atoms. The maximum atomic E-state index is 12.6. The van der Waals surface area contributed by atoms with E-state index >= 15 is 0 Å². The van der Waals surface area contributed by atoms with E-state index in [-0.39, 0.29) is 5.25 Å². The van der Waals surface area contributed by atoms with Gasteiger partial charge in [-0.15, -0.1) is 0 Å². The zero-order chi connectivity index (χ0) is 13.7. The van der Waals surface area contributed by atoms with Crippen LogP contribution in [0.3, 0.4) is 0 Å². The molecular weight excluding hydrogens is 262 g/mol. The SMILES string of the molecule is NCCN1CCCN(S(=O)(=O)C2CCCCC2)CC1. The lowest BCUT2D eigenvalue weighted by atomic mass is 10.0. The molecule has 0 aromatic carbocycles. The molecule has 5 nitrogen and oxygen atoms in total. The van der Waals surface area contributed by atoms with Gasteiger partial charge >= 0.3 is 0 Å². The second-order valence-corrected chi connectivity index (χ2v) is 7.90. The molecule has 1 aliphatic heterocycles. The summed E-state index contributed by atoms with van der Waals surface area (Å²) in [6.07, 6.45) is 5.95. The normalized spacial score (nSPS) is 25.3. The van der Waals surface area contributed by atoms with Gasteiger partial charge in [-0.2, -0.15) is 0 Å². The highest BCUT2D eigenvalue weighted by Gasteiger charge is 2.33. The molecule has 0 aromatic rings. The fraction of sp³-hybridized carbons (Fsp3) is 1.00. The van der Waals surface area contributed by atoms with Crippen LogP contribution in [0.4, 0.5) is 0 Å². The van der Waals surface area contributed by atoms with E-state index in [0.717, 1.165) is 51.7 Å². The van der Waals surface area contributed by atoms with E-state index in [1.807, 2.05) is 0 Å². The van der Waals surface area contributed by atoms with E-state index in [1.165, 1.54) is 6.42 Å². The quantitative estimate of drug-likeness (QED) is 0.824. The fourth-order valence-electron chi connectivity index (χ4n) is 3.18. The van der Waals surface area contributed by atoms with E-state index < -0.39 is 10.0 Å². The monoisotopic (exact) mass is 289 g/mol. The van der Waals surface area contributed by atoms with Crippen LogP contribution < -0.4 is 5.73 Å². The van der Waals surface area contributed by atoms with Gasteiger partial charge in [-0.05, 0) is 25.8 Å². The van der Waals surface area contributed by atoms with Crippen LogP contribution in [0.1, 0.15) is 38.5 Å². The minimum atomic E-state index is -3.07. The summed E-state index contributed by atoms with van der Waals surface area (Å²) in [4.78, 5) is 2.27. The second-order valence-electron chi connectivity index (χ2n) is 5.69. The second kappa shape index (κ2) is 7.02. The number of sulfonamides is 1. The molecule has 0 amide bonds. The van der Waals surface area contributed by atoms with Crippen molar-refractivity contribution in [3.05, 3.63) is 0 Å². The molecule has 0 spiro atoms. The van der Waals surface area contributed by atoms with E-state index in [1.54, 1.807) is 4.31 Å². The van der Waals surface area contributed by atoms with Crippen LogP contribution in [0.15, 0.2) is 0 Å². The summed E-state index contributed by atoms with van der Waals surface area (Å²) in [5.74, 6) is 0. The number of hydrogen-bond acceptors (Lipinski definition) is 4. The lowest BCUT2D eigenvalue weighted by molar-refractivity contribution is 0.293. The van der Waals surface area contributed by atoms with Crippen molar-refractivity contribution in [2.75, 3.05) is 39.3 Å². The van der Waals surface area contributed by atoms with Crippen LogP contribution in [0.5, 0.6) is 0 Å². The topological polar surface area (TPSA) is 66.6 Å². The van der Waals surface area contributed by atoms with Gasteiger partial charge in [-0.1, -0.05) is 19.3 Å². The van der Waals surface area contributed by atoms with Gasteiger partial charge in [0.05, 0.1) is 5.25 Å². The summed E-state index contributed by atoms with van der Waals surface area (Å²) >= 11 is 0. The number of nitrogens with zero attached hydrogens (tertiary/aromatic N) is 2. The van der Waals surface area contributed by atoms with Crippen molar-refractivity contribution in [1.82, 2.24) is 9.21 Å². The molecule has 1 saturated heterocycles. The van der Waals surface area contributed by atoms with Gasteiger partial charge < -0.3 is 10.6 Å². The molecule has 19 heavy (non-hydrogen) atoms. The lowest BCUT2D eigenvalue weighted by Crippen LogP contribution is -2.42. The minimum Gasteiger partial charge on any atom is -0.329 e. The number of hydrogen-bond donors (Lipinski definition) is 1. The van der Waals surface area contributed by atoms with Crippen LogP contribution in [0, 0.1) is 0 Å². The summed E-state index contributed by atoms with van der Waals surface area (Å²) in [6, 6.07) is 0. The Hall–Kier alpha value is -0.170. The van der Waals surface area contributed by atoms with Crippen LogP contribution in [0.2, 0.25) is 0 Å². The maximum Gasteiger partial charge on any atom is 0.217 e. The first-order valence-electron chi connectivity index (χ1n) is 7.56. The molecular formula is C13H27N3O2S. The van der Waals surface area contributed by atoms with Gasteiger partial charge in [-0.25, -0.2) is 12.7 Å². The zero-order valence-electron chi connectivity index (χ0n) is 11.8. The van der Waals surface area contributed by atoms with E-state index in [0.29, 0.717) is 19.6 Å². The molecule has 1 saturated carbocycles. The predicted octanol–water partition coefficient (Wildman–Crippen LogP) is 0.615. The maximum absolute atomic E-state index is 12.6. The molecule has 2 N–H and O–H groups in total. The van der Waals surface area contributed by atoms with E-state index in [9.17, 15) is 8.42 Å². The van der Waals surface area contributed by atoms with Gasteiger partial charge in [0.25, 0.3) is 0 Å². The summed E-state index contributed by atoms with van der Waals surface area (Å²) in [5.41, 5.74) is 5.57. The molecule has 112 valence electrons. The Morgan fingerprint density at radius 3 is 2.37 bits per heavy atom. The first kappa shape index (κ1) is 15.2. The van der Waals surface area contributed by atoms with Gasteiger partial charge in [0, 0.05) is 32.7 Å². The average molecular weight is 289 g/mol. The smallest absolute Gasteiger partial charge is 0.217 e. The van der Waals surface area contributed by atoms with Gasteiger partial charge in [0.1, 0.15) is 0 Å². The van der Waals surface area contributed by atoms with Crippen molar-refractivity contribution in [1.29, 1.82) is 0 Å². The van der Waals surface area contributed by atoms with Crippen molar-refractivity contribution >= 4 is 10.0 Å². The van der Waals surface area contributed by atoms with Gasteiger partial charge in [0.2, 0.25) is 10.0 Å². The predicted molar refractivity (Wildman–Crippen MR) is 77.5 cm³/mol. The Bertz CT molecular complexity index is 366. The molecule has 2 fully saturated rings. The third-order valence-corrected chi connectivity index (χ3v) is 6.72. The Morgan fingerprint density at radius 2 is 1.68 bits per heavy atom. The molecule has 2 rings (SSSR count). The van der Waals surface area contributed by atoms with Gasteiger partial charge in [-0.3, -0.25) is 0 Å². The van der Waals surface area contributed by atoms with Crippen LogP contribution in [-0.4, -0.2) is 62.1 Å². The summed E-state index contributed by atoms with van der Waals surface area (Å²) < 4.78 is 27.0. The Labute approximate surface area is 117 Å². The molecule has 2 aliphatic rings. The molecule has 0 atom stereocenters. The first-order chi connectivity index (χ1) is 9.14. The standard InChI is InChI=1S/C13H27N3O2S/c14-7-10-15-8-4-9-16(12-11-15)19(17,18)13-5-2-1-3-6-13/h13H,1-12,14H2. The molecule has 0 unspecified atom stereocenters. The highest BCUT2D eigenvalue weighted by atomic mass is 32.2. The van der Waals surface area contributed by atoms with Crippen LogP contribution in [-0.2, 0) is 10.0 Å². The summed E-state index contributed by atoms with van der Waals surface area (Å²) in [5, 5.41) is -0.123. The third-order valence-electron chi connectivity index (χ3n) is 4.33. The average Bonchev–Trinajstić information content (AvgIpc) is 2.66. The summed E-state index contributed by atoms with van der Waals surface area (Å²) in [7, 11) is -3.07. The largest absolute Gasteiger partial charge is 0.329 e. The van der Waals surface area contributed by atoms with Crippen LogP contribution >= 0.6 is 0 Å². The van der Waals surface area contributed by atoms with E-state index in [4.69, 9.17) is 5.73 Å². The van der Waals surface area contributed by atoms with Crippen molar-refractivity contribution in [2.24, 2.45) is 5.73 Å². The summed E-state index contributed by atoms with van der Waals surface area (Å²) in [6.45, 7) is 4.63. The van der Waals surface area contributed by atoms with Crippen molar-refractivity contribution < 1.29 is 8.42 Å². The number of rotatable bonds is 4. The first-order valence-corrected chi connectivity index (χ1v) is 9.06. The van der Waals surface area contributed by atoms with Crippen LogP contribution in [0.25, 0.3) is 0 Å². The highest BCUT2D eigenvalue weighted by molar-refractivity contribution is 7.89. The molecule has 0 radical (unpaired) electrons. The van der Waals surface area contributed by atoms with Gasteiger partial charge in [0.15, 0.2) is 0 Å². The Balaban J connectivity index is 1.96. The molecule has 1 heterocycles. The third kappa shape index (κ3) is 3.90. The molecule has 1 aliphatic carbocycles. The van der Waals surface area contributed by atoms with E-state index in [2.05, 4.69) is 4.90 Å². The van der Waals surface area contributed by atoms with Crippen molar-refractivity contribution in [3.8, 4) is 0 Å². The highest BCUT2D eigenvalue weighted by Crippen LogP contribution is 2.26. The minimum absolute atomic E-state index is 0.123. The Morgan fingerprint density at radius 1 is 0.947 bits per heavy atom. The fourth-order valence-corrected chi connectivity index (χ4v) is 5.25. The van der Waals surface area contributed by atoms with Crippen molar-refractivity contribution in [2.45, 2.75) is 43.8 Å². The zero-order valence-corrected chi connectivity index (χ0v) is 12.6.